The molecule has 0 saturated carbocycles. The fourth-order valence-corrected chi connectivity index (χ4v) is 2.82. The van der Waals surface area contributed by atoms with Crippen molar-refractivity contribution in [3.8, 4) is 0 Å². The molecule has 0 radical (unpaired) electrons. The summed E-state index contributed by atoms with van der Waals surface area (Å²) in [6.07, 6.45) is 9.67. The van der Waals surface area contributed by atoms with Crippen molar-refractivity contribution in [2.24, 2.45) is 0 Å². The van der Waals surface area contributed by atoms with Gasteiger partial charge in [0, 0.05) is 42.8 Å². The predicted molar refractivity (Wildman–Crippen MR) is 72.3 cm³/mol. The number of H-pyrrole nitrogens is 1. The van der Waals surface area contributed by atoms with Gasteiger partial charge in [-0.2, -0.15) is 5.10 Å². The van der Waals surface area contributed by atoms with Gasteiger partial charge in [0.2, 0.25) is 0 Å². The van der Waals surface area contributed by atoms with Crippen LogP contribution in [0.5, 0.6) is 0 Å². The molecule has 4 heteroatoms. The van der Waals surface area contributed by atoms with Gasteiger partial charge in [-0.1, -0.05) is 6.08 Å². The van der Waals surface area contributed by atoms with Crippen molar-refractivity contribution in [3.63, 3.8) is 0 Å². The standard InChI is InChI=1S/C14H20N4/c1-11-9-14(17-16-11)15-12-5-4-6-13(10-12)18-7-2-3-8-18/h5,9-10H,2-4,6-8H2,1H3,(H2,15,16,17)/p+1. The summed E-state index contributed by atoms with van der Waals surface area (Å²) in [6, 6.07) is 2.03. The first-order valence-corrected chi connectivity index (χ1v) is 6.86. The predicted octanol–water partition coefficient (Wildman–Crippen LogP) is 1.37. The number of hydrogen-bond donors (Lipinski definition) is 3. The van der Waals surface area contributed by atoms with Gasteiger partial charge in [0.25, 0.3) is 0 Å². The van der Waals surface area contributed by atoms with Gasteiger partial charge in [-0.15, -0.1) is 0 Å². The van der Waals surface area contributed by atoms with E-state index in [9.17, 15) is 0 Å². The summed E-state index contributed by atoms with van der Waals surface area (Å²) >= 11 is 0. The number of aromatic nitrogens is 2. The lowest BCUT2D eigenvalue weighted by atomic mass is 10.1. The van der Waals surface area contributed by atoms with Crippen molar-refractivity contribution in [1.29, 1.82) is 0 Å². The van der Waals surface area contributed by atoms with Gasteiger partial charge in [-0.25, -0.2) is 0 Å². The zero-order chi connectivity index (χ0) is 12.4. The Morgan fingerprint density at radius 2 is 2.17 bits per heavy atom. The highest BCUT2D eigenvalue weighted by Gasteiger charge is 2.22. The lowest BCUT2D eigenvalue weighted by Crippen LogP contribution is -3.08. The van der Waals surface area contributed by atoms with Crippen molar-refractivity contribution < 1.29 is 4.90 Å². The van der Waals surface area contributed by atoms with Crippen LogP contribution < -0.4 is 10.2 Å². The minimum atomic E-state index is 0.910. The van der Waals surface area contributed by atoms with E-state index >= 15 is 0 Å². The van der Waals surface area contributed by atoms with Crippen LogP contribution in [-0.2, 0) is 0 Å². The van der Waals surface area contributed by atoms with E-state index in [0.29, 0.717) is 0 Å². The quantitative estimate of drug-likeness (QED) is 0.753. The van der Waals surface area contributed by atoms with Crippen molar-refractivity contribution in [2.45, 2.75) is 32.6 Å². The third kappa shape index (κ3) is 2.48. The molecule has 3 rings (SSSR count). The van der Waals surface area contributed by atoms with Crippen molar-refractivity contribution in [1.82, 2.24) is 10.2 Å². The number of hydrogen-bond acceptors (Lipinski definition) is 2. The van der Waals surface area contributed by atoms with Gasteiger partial charge < -0.3 is 10.2 Å². The molecular weight excluding hydrogens is 224 g/mol. The second kappa shape index (κ2) is 4.98. The largest absolute Gasteiger partial charge is 0.339 e. The van der Waals surface area contributed by atoms with Crippen LogP contribution in [0.3, 0.4) is 0 Å². The molecule has 0 amide bonds. The molecule has 96 valence electrons. The first kappa shape index (κ1) is 11.5. The topological polar surface area (TPSA) is 45.1 Å². The van der Waals surface area contributed by atoms with Crippen LogP contribution in [0, 0.1) is 6.92 Å². The van der Waals surface area contributed by atoms with Gasteiger partial charge in [0.1, 0.15) is 5.70 Å². The fourth-order valence-electron chi connectivity index (χ4n) is 2.82. The number of nitrogens with zero attached hydrogens (tertiary/aromatic N) is 1. The summed E-state index contributed by atoms with van der Waals surface area (Å²) in [5.41, 5.74) is 3.84. The van der Waals surface area contributed by atoms with Crippen LogP contribution >= 0.6 is 0 Å². The van der Waals surface area contributed by atoms with Crippen LogP contribution in [0.25, 0.3) is 0 Å². The molecule has 1 fully saturated rings. The zero-order valence-electron chi connectivity index (χ0n) is 10.9. The van der Waals surface area contributed by atoms with Crippen LogP contribution in [0.4, 0.5) is 5.82 Å². The maximum absolute atomic E-state index is 4.22. The van der Waals surface area contributed by atoms with E-state index in [4.69, 9.17) is 0 Å². The maximum atomic E-state index is 4.22. The summed E-state index contributed by atoms with van der Waals surface area (Å²) in [7, 11) is 0. The number of quaternary nitrogens is 1. The molecular formula is C14H21N4+. The molecule has 2 aliphatic rings. The Bertz CT molecular complexity index is 478. The number of aryl methyl sites for hydroxylation is 1. The fraction of sp³-hybridized carbons (Fsp3) is 0.500. The van der Waals surface area contributed by atoms with Crippen molar-refractivity contribution in [2.75, 3.05) is 18.4 Å². The molecule has 1 aromatic rings. The molecule has 4 nitrogen and oxygen atoms in total. The minimum Gasteiger partial charge on any atom is -0.339 e. The van der Waals surface area contributed by atoms with Crippen LogP contribution in [0.1, 0.15) is 31.4 Å². The highest BCUT2D eigenvalue weighted by atomic mass is 15.2. The third-order valence-corrected chi connectivity index (χ3v) is 3.75. The molecule has 0 aromatic carbocycles. The smallest absolute Gasteiger partial charge is 0.152 e. The highest BCUT2D eigenvalue weighted by molar-refractivity contribution is 5.46. The molecule has 2 heterocycles. The summed E-state index contributed by atoms with van der Waals surface area (Å²) in [4.78, 5) is 1.68. The number of allylic oxidation sites excluding steroid dienone is 3. The van der Waals surface area contributed by atoms with Crippen LogP contribution in [0.2, 0.25) is 0 Å². The number of rotatable bonds is 3. The maximum Gasteiger partial charge on any atom is 0.152 e. The molecule has 1 saturated heterocycles. The zero-order valence-corrected chi connectivity index (χ0v) is 10.9. The Morgan fingerprint density at radius 3 is 2.89 bits per heavy atom. The van der Waals surface area contributed by atoms with Gasteiger partial charge >= 0.3 is 0 Å². The van der Waals surface area contributed by atoms with E-state index in [0.717, 1.165) is 17.9 Å². The van der Waals surface area contributed by atoms with E-state index in [1.807, 2.05) is 13.0 Å². The Balaban J connectivity index is 1.70. The van der Waals surface area contributed by atoms with Gasteiger partial charge in [-0.05, 0) is 13.3 Å². The minimum absolute atomic E-state index is 0.910. The summed E-state index contributed by atoms with van der Waals surface area (Å²) in [5.74, 6) is 0.910. The molecule has 1 aliphatic carbocycles. The Labute approximate surface area is 108 Å². The summed E-state index contributed by atoms with van der Waals surface area (Å²) in [6.45, 7) is 4.63. The number of anilines is 1. The molecule has 0 spiro atoms. The Morgan fingerprint density at radius 1 is 1.33 bits per heavy atom. The van der Waals surface area contributed by atoms with E-state index in [-0.39, 0.29) is 0 Å². The van der Waals surface area contributed by atoms with Crippen LogP contribution in [0.15, 0.2) is 29.6 Å². The van der Waals surface area contributed by atoms with Crippen molar-refractivity contribution >= 4 is 5.82 Å². The molecule has 0 atom stereocenters. The monoisotopic (exact) mass is 245 g/mol. The highest BCUT2D eigenvalue weighted by Crippen LogP contribution is 2.16. The van der Waals surface area contributed by atoms with Crippen LogP contribution in [-0.4, -0.2) is 23.3 Å². The van der Waals surface area contributed by atoms with E-state index in [1.165, 1.54) is 38.0 Å². The second-order valence-electron chi connectivity index (χ2n) is 5.24. The molecule has 0 bridgehead atoms. The summed E-state index contributed by atoms with van der Waals surface area (Å²) < 4.78 is 0. The first-order chi connectivity index (χ1) is 8.81. The molecule has 18 heavy (non-hydrogen) atoms. The first-order valence-electron chi connectivity index (χ1n) is 6.86. The average Bonchev–Trinajstić information content (AvgIpc) is 3.01. The van der Waals surface area contributed by atoms with Crippen molar-refractivity contribution in [3.05, 3.63) is 35.3 Å². The third-order valence-electron chi connectivity index (χ3n) is 3.75. The normalized spacial score (nSPS) is 20.7. The van der Waals surface area contributed by atoms with E-state index in [2.05, 4.69) is 27.7 Å². The number of nitrogens with one attached hydrogen (secondary N) is 3. The Kier molecular flexibility index (Phi) is 3.19. The molecule has 3 N–H and O–H groups in total. The SMILES string of the molecule is Cc1cc(NC2=CCCC([NH+]3CCCC3)=C2)n[nH]1. The molecule has 1 aliphatic heterocycles. The average molecular weight is 245 g/mol. The van der Waals surface area contributed by atoms with Gasteiger partial charge in [-0.3, -0.25) is 5.10 Å². The number of likely N-dealkylation sites (tertiary alicyclic amines) is 1. The van der Waals surface area contributed by atoms with E-state index in [1.54, 1.807) is 10.6 Å². The lowest BCUT2D eigenvalue weighted by Gasteiger charge is -2.19. The molecule has 0 unspecified atom stereocenters. The second-order valence-corrected chi connectivity index (χ2v) is 5.24. The van der Waals surface area contributed by atoms with E-state index < -0.39 is 0 Å². The Hall–Kier alpha value is -1.55. The summed E-state index contributed by atoms with van der Waals surface area (Å²) in [5, 5.41) is 10.6. The lowest BCUT2D eigenvalue weighted by molar-refractivity contribution is -0.848. The number of aromatic amines is 1. The molecule has 1 aromatic heterocycles. The van der Waals surface area contributed by atoms with Gasteiger partial charge in [0.15, 0.2) is 5.82 Å². The van der Waals surface area contributed by atoms with Gasteiger partial charge in [0.05, 0.1) is 13.1 Å².